The van der Waals surface area contributed by atoms with E-state index in [4.69, 9.17) is 10.4 Å². The summed E-state index contributed by atoms with van der Waals surface area (Å²) >= 11 is 0.989. The second-order valence-corrected chi connectivity index (χ2v) is 7.53. The molecule has 0 bridgehead atoms. The number of aliphatic hydroxyl groups is 1. The van der Waals surface area contributed by atoms with Crippen LogP contribution in [0.25, 0.3) is 0 Å². The number of aliphatic hydroxyl groups excluding tert-OH is 1. The van der Waals surface area contributed by atoms with E-state index >= 15 is 0 Å². The molecule has 98 valence electrons. The highest BCUT2D eigenvalue weighted by atomic mass is 32.2. The molecule has 0 spiro atoms. The second kappa shape index (κ2) is 5.36. The quantitative estimate of drug-likeness (QED) is 0.899. The van der Waals surface area contributed by atoms with Gasteiger partial charge in [0.25, 0.3) is 10.0 Å². The lowest BCUT2D eigenvalue weighted by atomic mass is 10.0. The highest BCUT2D eigenvalue weighted by Crippen LogP contribution is 2.27. The van der Waals surface area contributed by atoms with Gasteiger partial charge < -0.3 is 5.11 Å². The Balaban J connectivity index is 2.23. The van der Waals surface area contributed by atoms with Crippen LogP contribution in [0.5, 0.6) is 0 Å². The molecule has 1 aliphatic rings. The topological polar surface area (TPSA) is 81.4 Å². The minimum atomic E-state index is -3.50. The molecule has 5 nitrogen and oxygen atoms in total. The van der Waals surface area contributed by atoms with E-state index in [1.165, 1.54) is 16.4 Å². The lowest BCUT2D eigenvalue weighted by Gasteiger charge is -2.30. The molecule has 0 aromatic carbocycles. The summed E-state index contributed by atoms with van der Waals surface area (Å²) in [6.07, 6.45) is 1.62. The minimum Gasteiger partial charge on any atom is -0.396 e. The van der Waals surface area contributed by atoms with Gasteiger partial charge in [-0.2, -0.15) is 9.57 Å². The predicted octanol–water partition coefficient (Wildman–Crippen LogP) is 1.01. The van der Waals surface area contributed by atoms with E-state index in [9.17, 15) is 8.42 Å². The number of thiophene rings is 1. The fourth-order valence-electron chi connectivity index (χ4n) is 2.04. The molecular weight excluding hydrogens is 272 g/mol. The van der Waals surface area contributed by atoms with Gasteiger partial charge in [0.1, 0.15) is 15.2 Å². The summed E-state index contributed by atoms with van der Waals surface area (Å²) in [5.41, 5.74) is 0. The van der Waals surface area contributed by atoms with Crippen molar-refractivity contribution in [3.05, 3.63) is 17.0 Å². The molecule has 0 amide bonds. The maximum atomic E-state index is 12.3. The minimum absolute atomic E-state index is 0.0138. The van der Waals surface area contributed by atoms with Crippen molar-refractivity contribution in [3.63, 3.8) is 0 Å². The number of nitrogens with zero attached hydrogens (tertiary/aromatic N) is 2. The Morgan fingerprint density at radius 2 is 2.33 bits per heavy atom. The van der Waals surface area contributed by atoms with E-state index in [1.807, 2.05) is 6.07 Å². The van der Waals surface area contributed by atoms with Crippen molar-refractivity contribution in [3.8, 4) is 6.07 Å². The van der Waals surface area contributed by atoms with Gasteiger partial charge in [-0.1, -0.05) is 0 Å². The Kier molecular flexibility index (Phi) is 4.02. The smallest absolute Gasteiger partial charge is 0.252 e. The molecule has 1 aliphatic heterocycles. The molecular formula is C11H14N2O3S2. The molecule has 0 saturated carbocycles. The standard InChI is InChI=1S/C11H14N2O3S2/c12-6-10-3-4-11(17-10)18(15,16)13-5-1-2-9(7-13)8-14/h3-4,9,14H,1-2,5,7-8H2. The zero-order valence-corrected chi connectivity index (χ0v) is 11.4. The van der Waals surface area contributed by atoms with E-state index in [0.29, 0.717) is 18.0 Å². The van der Waals surface area contributed by atoms with Crippen molar-refractivity contribution in [2.24, 2.45) is 5.92 Å². The third-order valence-corrected chi connectivity index (χ3v) is 6.35. The fourth-order valence-corrected chi connectivity index (χ4v) is 4.85. The van der Waals surface area contributed by atoms with Crippen LogP contribution in [-0.4, -0.2) is 37.5 Å². The molecule has 1 aromatic rings. The molecule has 7 heteroatoms. The summed E-state index contributed by atoms with van der Waals surface area (Å²) in [4.78, 5) is 0.393. The monoisotopic (exact) mass is 286 g/mol. The molecule has 1 unspecified atom stereocenters. The van der Waals surface area contributed by atoms with Crippen molar-refractivity contribution in [1.82, 2.24) is 4.31 Å². The van der Waals surface area contributed by atoms with Gasteiger partial charge in [0.2, 0.25) is 0 Å². The van der Waals surface area contributed by atoms with Crippen LogP contribution in [0.15, 0.2) is 16.3 Å². The number of rotatable bonds is 3. The fraction of sp³-hybridized carbons (Fsp3) is 0.545. The van der Waals surface area contributed by atoms with E-state index in [2.05, 4.69) is 0 Å². The highest BCUT2D eigenvalue weighted by molar-refractivity contribution is 7.91. The van der Waals surface area contributed by atoms with Crippen LogP contribution in [0.4, 0.5) is 0 Å². The van der Waals surface area contributed by atoms with E-state index in [-0.39, 0.29) is 16.7 Å². The number of hydrogen-bond acceptors (Lipinski definition) is 5. The number of nitriles is 1. The predicted molar refractivity (Wildman–Crippen MR) is 67.6 cm³/mol. The molecule has 2 heterocycles. The van der Waals surface area contributed by atoms with Crippen LogP contribution < -0.4 is 0 Å². The molecule has 18 heavy (non-hydrogen) atoms. The summed E-state index contributed by atoms with van der Waals surface area (Å²) in [6.45, 7) is 0.858. The van der Waals surface area contributed by atoms with Gasteiger partial charge in [-0.25, -0.2) is 8.42 Å². The molecule has 0 aliphatic carbocycles. The van der Waals surface area contributed by atoms with Gasteiger partial charge in [0.05, 0.1) is 0 Å². The number of hydrogen-bond donors (Lipinski definition) is 1. The zero-order chi connectivity index (χ0) is 13.2. The Morgan fingerprint density at radius 1 is 1.56 bits per heavy atom. The molecule has 1 N–H and O–H groups in total. The summed E-state index contributed by atoms with van der Waals surface area (Å²) in [7, 11) is -3.50. The van der Waals surface area contributed by atoms with Crippen LogP contribution in [0, 0.1) is 17.2 Å². The summed E-state index contributed by atoms with van der Waals surface area (Å²) in [5, 5.41) is 17.9. The SMILES string of the molecule is N#Cc1ccc(S(=O)(=O)N2CCCC(CO)C2)s1. The zero-order valence-electron chi connectivity index (χ0n) is 9.74. The normalized spacial score (nSPS) is 21.7. The molecule has 2 rings (SSSR count). The average Bonchev–Trinajstić information content (AvgIpc) is 2.88. The lowest BCUT2D eigenvalue weighted by molar-refractivity contribution is 0.165. The van der Waals surface area contributed by atoms with Gasteiger partial charge in [0.15, 0.2) is 0 Å². The van der Waals surface area contributed by atoms with Gasteiger partial charge >= 0.3 is 0 Å². The van der Waals surface area contributed by atoms with E-state index in [1.54, 1.807) is 0 Å². The molecule has 1 atom stereocenters. The first-order chi connectivity index (χ1) is 8.57. The molecule has 0 radical (unpaired) electrons. The van der Waals surface area contributed by atoms with Crippen molar-refractivity contribution in [2.45, 2.75) is 17.1 Å². The van der Waals surface area contributed by atoms with Gasteiger partial charge in [0, 0.05) is 19.7 Å². The molecule has 1 saturated heterocycles. The maximum absolute atomic E-state index is 12.3. The third-order valence-electron chi connectivity index (χ3n) is 3.03. The van der Waals surface area contributed by atoms with Gasteiger partial charge in [-0.05, 0) is 30.9 Å². The van der Waals surface area contributed by atoms with Crippen molar-refractivity contribution in [1.29, 1.82) is 5.26 Å². The summed E-state index contributed by atoms with van der Waals surface area (Å²) < 4.78 is 26.3. The second-order valence-electron chi connectivity index (χ2n) is 4.28. The first kappa shape index (κ1) is 13.5. The Labute approximate surface area is 110 Å². The van der Waals surface area contributed by atoms with Crippen LogP contribution >= 0.6 is 11.3 Å². The first-order valence-corrected chi connectivity index (χ1v) is 7.94. The molecule has 1 aromatic heterocycles. The number of piperidine rings is 1. The van der Waals surface area contributed by atoms with Crippen LogP contribution in [0.3, 0.4) is 0 Å². The van der Waals surface area contributed by atoms with Gasteiger partial charge in [-0.15, -0.1) is 11.3 Å². The maximum Gasteiger partial charge on any atom is 0.252 e. The summed E-state index contributed by atoms with van der Waals surface area (Å²) in [5.74, 6) is 0.0175. The highest BCUT2D eigenvalue weighted by Gasteiger charge is 2.30. The summed E-state index contributed by atoms with van der Waals surface area (Å²) in [6, 6.07) is 4.93. The lowest BCUT2D eigenvalue weighted by Crippen LogP contribution is -2.40. The number of sulfonamides is 1. The van der Waals surface area contributed by atoms with Crippen molar-refractivity contribution in [2.75, 3.05) is 19.7 Å². The van der Waals surface area contributed by atoms with E-state index < -0.39 is 10.0 Å². The van der Waals surface area contributed by atoms with Gasteiger partial charge in [-0.3, -0.25) is 0 Å². The van der Waals surface area contributed by atoms with Crippen LogP contribution in [-0.2, 0) is 10.0 Å². The molecule has 1 fully saturated rings. The van der Waals surface area contributed by atoms with Crippen LogP contribution in [0.2, 0.25) is 0 Å². The Bertz CT molecular complexity index is 559. The van der Waals surface area contributed by atoms with Crippen molar-refractivity contribution < 1.29 is 13.5 Å². The van der Waals surface area contributed by atoms with Crippen molar-refractivity contribution >= 4 is 21.4 Å². The van der Waals surface area contributed by atoms with E-state index in [0.717, 1.165) is 24.2 Å². The third kappa shape index (κ3) is 2.57. The van der Waals surface area contributed by atoms with Crippen LogP contribution in [0.1, 0.15) is 17.7 Å². The largest absolute Gasteiger partial charge is 0.396 e. The first-order valence-electron chi connectivity index (χ1n) is 5.69. The average molecular weight is 286 g/mol. The Morgan fingerprint density at radius 3 is 2.94 bits per heavy atom. The Hall–Kier alpha value is -0.940.